The molecule has 0 saturated carbocycles. The molecule has 0 aliphatic carbocycles. The predicted octanol–water partition coefficient (Wildman–Crippen LogP) is 4.46. The van der Waals surface area contributed by atoms with Gasteiger partial charge in [-0.25, -0.2) is 0 Å². The summed E-state index contributed by atoms with van der Waals surface area (Å²) in [6.45, 7) is 9.56. The average Bonchev–Trinajstić information content (AvgIpc) is 2.19. The SMILES string of the molecule is Cc1ccc(OCCCBr)c(C(C)(C)C)c1. The Balaban J connectivity index is 2.90. The zero-order valence-corrected chi connectivity index (χ0v) is 12.2. The summed E-state index contributed by atoms with van der Waals surface area (Å²) in [6, 6.07) is 6.42. The van der Waals surface area contributed by atoms with Crippen molar-refractivity contribution in [2.24, 2.45) is 0 Å². The molecule has 0 fully saturated rings. The molecule has 0 aliphatic heterocycles. The lowest BCUT2D eigenvalue weighted by atomic mass is 9.85. The molecule has 0 N–H and O–H groups in total. The highest BCUT2D eigenvalue weighted by molar-refractivity contribution is 9.09. The van der Waals surface area contributed by atoms with E-state index in [2.05, 4.69) is 61.8 Å². The van der Waals surface area contributed by atoms with E-state index in [1.54, 1.807) is 0 Å². The highest BCUT2D eigenvalue weighted by Gasteiger charge is 2.18. The van der Waals surface area contributed by atoms with E-state index in [1.807, 2.05) is 0 Å². The molecule has 0 atom stereocenters. The molecule has 0 aromatic heterocycles. The summed E-state index contributed by atoms with van der Waals surface area (Å²) in [5.41, 5.74) is 2.72. The maximum absolute atomic E-state index is 5.83. The van der Waals surface area contributed by atoms with Crippen molar-refractivity contribution in [3.8, 4) is 5.75 Å². The largest absolute Gasteiger partial charge is 0.493 e. The summed E-state index contributed by atoms with van der Waals surface area (Å²) >= 11 is 3.41. The molecule has 2 heteroatoms. The molecule has 0 bridgehead atoms. The monoisotopic (exact) mass is 284 g/mol. The van der Waals surface area contributed by atoms with Gasteiger partial charge in [-0.3, -0.25) is 0 Å². The Hall–Kier alpha value is -0.500. The molecule has 0 saturated heterocycles. The van der Waals surface area contributed by atoms with Crippen molar-refractivity contribution in [1.29, 1.82) is 0 Å². The van der Waals surface area contributed by atoms with Crippen LogP contribution in [0.2, 0.25) is 0 Å². The van der Waals surface area contributed by atoms with E-state index >= 15 is 0 Å². The van der Waals surface area contributed by atoms with Crippen LogP contribution in [0.4, 0.5) is 0 Å². The van der Waals surface area contributed by atoms with Crippen molar-refractivity contribution >= 4 is 15.9 Å². The minimum atomic E-state index is 0.135. The van der Waals surface area contributed by atoms with Crippen LogP contribution in [0.1, 0.15) is 38.3 Å². The van der Waals surface area contributed by atoms with Gasteiger partial charge in [-0.15, -0.1) is 0 Å². The molecule has 90 valence electrons. The molecule has 1 rings (SSSR count). The van der Waals surface area contributed by atoms with E-state index in [0.717, 1.165) is 24.1 Å². The lowest BCUT2D eigenvalue weighted by Gasteiger charge is -2.23. The van der Waals surface area contributed by atoms with E-state index in [0.29, 0.717) is 0 Å². The van der Waals surface area contributed by atoms with Crippen LogP contribution in [0.3, 0.4) is 0 Å². The van der Waals surface area contributed by atoms with Crippen LogP contribution in [0.25, 0.3) is 0 Å². The van der Waals surface area contributed by atoms with Crippen LogP contribution in [0.15, 0.2) is 18.2 Å². The van der Waals surface area contributed by atoms with Gasteiger partial charge >= 0.3 is 0 Å². The van der Waals surface area contributed by atoms with Gasteiger partial charge in [0.05, 0.1) is 6.61 Å². The van der Waals surface area contributed by atoms with Gasteiger partial charge in [-0.2, -0.15) is 0 Å². The van der Waals surface area contributed by atoms with Crippen molar-refractivity contribution in [1.82, 2.24) is 0 Å². The number of ether oxygens (including phenoxy) is 1. The van der Waals surface area contributed by atoms with Gasteiger partial charge in [-0.05, 0) is 30.4 Å². The lowest BCUT2D eigenvalue weighted by molar-refractivity contribution is 0.310. The van der Waals surface area contributed by atoms with Crippen molar-refractivity contribution in [2.75, 3.05) is 11.9 Å². The van der Waals surface area contributed by atoms with Crippen molar-refractivity contribution in [3.63, 3.8) is 0 Å². The minimum absolute atomic E-state index is 0.135. The number of rotatable bonds is 4. The van der Waals surface area contributed by atoms with Crippen molar-refractivity contribution in [2.45, 2.75) is 39.5 Å². The van der Waals surface area contributed by atoms with Crippen LogP contribution in [0.5, 0.6) is 5.75 Å². The molecule has 1 aromatic carbocycles. The van der Waals surface area contributed by atoms with Crippen LogP contribution in [-0.2, 0) is 5.41 Å². The Bertz CT molecular complexity index is 339. The Morgan fingerprint density at radius 2 is 1.94 bits per heavy atom. The van der Waals surface area contributed by atoms with E-state index in [-0.39, 0.29) is 5.41 Å². The highest BCUT2D eigenvalue weighted by Crippen LogP contribution is 2.32. The molecular formula is C14H21BrO. The first-order valence-corrected chi connectivity index (χ1v) is 6.87. The molecule has 0 amide bonds. The summed E-state index contributed by atoms with van der Waals surface area (Å²) < 4.78 is 5.83. The van der Waals surface area contributed by atoms with Gasteiger partial charge < -0.3 is 4.74 Å². The number of aryl methyl sites for hydroxylation is 1. The molecule has 0 radical (unpaired) electrons. The summed E-state index contributed by atoms with van der Waals surface area (Å²) in [7, 11) is 0. The Morgan fingerprint density at radius 1 is 1.25 bits per heavy atom. The predicted molar refractivity (Wildman–Crippen MR) is 73.8 cm³/mol. The van der Waals surface area contributed by atoms with Gasteiger partial charge in [0.25, 0.3) is 0 Å². The topological polar surface area (TPSA) is 9.23 Å². The van der Waals surface area contributed by atoms with Crippen LogP contribution >= 0.6 is 15.9 Å². The lowest BCUT2D eigenvalue weighted by Crippen LogP contribution is -2.14. The molecule has 1 nitrogen and oxygen atoms in total. The third-order valence-corrected chi connectivity index (χ3v) is 3.04. The van der Waals surface area contributed by atoms with Gasteiger partial charge in [0, 0.05) is 5.33 Å². The fraction of sp³-hybridized carbons (Fsp3) is 0.571. The molecule has 0 spiro atoms. The van der Waals surface area contributed by atoms with E-state index < -0.39 is 0 Å². The normalized spacial score (nSPS) is 11.6. The van der Waals surface area contributed by atoms with E-state index in [4.69, 9.17) is 4.74 Å². The van der Waals surface area contributed by atoms with Gasteiger partial charge in [0.2, 0.25) is 0 Å². The molecule has 0 aliphatic rings. The van der Waals surface area contributed by atoms with Crippen molar-refractivity contribution < 1.29 is 4.74 Å². The summed E-state index contributed by atoms with van der Waals surface area (Å²) in [4.78, 5) is 0. The first-order chi connectivity index (χ1) is 7.45. The number of hydrogen-bond acceptors (Lipinski definition) is 1. The minimum Gasteiger partial charge on any atom is -0.493 e. The van der Waals surface area contributed by atoms with Crippen LogP contribution in [0, 0.1) is 6.92 Å². The fourth-order valence-corrected chi connectivity index (χ4v) is 1.82. The smallest absolute Gasteiger partial charge is 0.123 e. The summed E-state index contributed by atoms with van der Waals surface area (Å²) in [5, 5.41) is 0.990. The third kappa shape index (κ3) is 3.82. The average molecular weight is 285 g/mol. The highest BCUT2D eigenvalue weighted by atomic mass is 79.9. The number of benzene rings is 1. The van der Waals surface area contributed by atoms with E-state index in [9.17, 15) is 0 Å². The maximum Gasteiger partial charge on any atom is 0.123 e. The fourth-order valence-electron chi connectivity index (χ4n) is 1.59. The molecule has 0 unspecified atom stereocenters. The molecule has 16 heavy (non-hydrogen) atoms. The summed E-state index contributed by atoms with van der Waals surface area (Å²) in [5.74, 6) is 1.03. The molecule has 0 heterocycles. The first-order valence-electron chi connectivity index (χ1n) is 5.75. The van der Waals surface area contributed by atoms with Crippen LogP contribution in [-0.4, -0.2) is 11.9 Å². The Morgan fingerprint density at radius 3 is 2.50 bits per heavy atom. The van der Waals surface area contributed by atoms with Crippen LogP contribution < -0.4 is 4.74 Å². The van der Waals surface area contributed by atoms with E-state index in [1.165, 1.54) is 11.1 Å². The second kappa shape index (κ2) is 5.72. The number of alkyl halides is 1. The van der Waals surface area contributed by atoms with Gasteiger partial charge in [-0.1, -0.05) is 54.4 Å². The third-order valence-electron chi connectivity index (χ3n) is 2.48. The van der Waals surface area contributed by atoms with Gasteiger partial charge in [0.1, 0.15) is 5.75 Å². The maximum atomic E-state index is 5.83. The Labute approximate surface area is 107 Å². The second-order valence-electron chi connectivity index (χ2n) is 5.14. The van der Waals surface area contributed by atoms with Crippen molar-refractivity contribution in [3.05, 3.63) is 29.3 Å². The van der Waals surface area contributed by atoms with Gasteiger partial charge in [0.15, 0.2) is 0 Å². The standard InChI is InChI=1S/C14H21BrO/c1-11-6-7-13(16-9-5-8-15)12(10-11)14(2,3)4/h6-7,10H,5,8-9H2,1-4H3. The molecule has 1 aromatic rings. The molecular weight excluding hydrogens is 264 g/mol. The Kier molecular flexibility index (Phi) is 4.85. The first kappa shape index (κ1) is 13.6. The zero-order chi connectivity index (χ0) is 12.2. The summed E-state index contributed by atoms with van der Waals surface area (Å²) in [6.07, 6.45) is 1.04. The quantitative estimate of drug-likeness (QED) is 0.586. The number of halogens is 1. The second-order valence-corrected chi connectivity index (χ2v) is 5.93. The number of hydrogen-bond donors (Lipinski definition) is 0. The zero-order valence-electron chi connectivity index (χ0n) is 10.6.